The van der Waals surface area contributed by atoms with Crippen LogP contribution in [0.4, 0.5) is 0 Å². The molecule has 0 spiro atoms. The third-order valence-electron chi connectivity index (χ3n) is 4.93. The molecule has 1 amide bonds. The number of carbonyl (C=O) groups excluding carboxylic acids is 1. The highest BCUT2D eigenvalue weighted by molar-refractivity contribution is 5.88. The molecule has 0 radical (unpaired) electrons. The fourth-order valence-electron chi connectivity index (χ4n) is 3.52. The van der Waals surface area contributed by atoms with Crippen LogP contribution in [0.3, 0.4) is 0 Å². The maximum absolute atomic E-state index is 11.9. The smallest absolute Gasteiger partial charge is 0.218 e. The molecule has 2 rings (SSSR count). The van der Waals surface area contributed by atoms with E-state index in [1.54, 1.807) is 0 Å². The van der Waals surface area contributed by atoms with E-state index in [1.807, 2.05) is 0 Å². The van der Waals surface area contributed by atoms with Gasteiger partial charge in [-0.1, -0.05) is 56.3 Å². The van der Waals surface area contributed by atoms with Crippen molar-refractivity contribution in [1.29, 1.82) is 0 Å². The minimum Gasteiger partial charge on any atom is -0.370 e. The standard InChI is InChI=1S/C20H28N2O/c1-15(2)20(14-19(21)23,12-13-22(3)4)18-11-7-9-16-8-5-6-10-17(16)18/h5-11,15H,12-14H2,1-4H3,(H2,21,23)/t20-/m1/s1. The third-order valence-corrected chi connectivity index (χ3v) is 4.93. The topological polar surface area (TPSA) is 46.3 Å². The molecule has 0 saturated heterocycles. The first-order valence-corrected chi connectivity index (χ1v) is 8.28. The molecule has 124 valence electrons. The van der Waals surface area contributed by atoms with E-state index in [1.165, 1.54) is 16.3 Å². The van der Waals surface area contributed by atoms with E-state index in [9.17, 15) is 4.79 Å². The molecule has 2 aromatic carbocycles. The number of nitrogens with zero attached hydrogens (tertiary/aromatic N) is 1. The third kappa shape index (κ3) is 3.73. The first kappa shape index (κ1) is 17.5. The Morgan fingerprint density at radius 3 is 2.39 bits per heavy atom. The second-order valence-electron chi connectivity index (χ2n) is 7.03. The van der Waals surface area contributed by atoms with Crippen molar-refractivity contribution in [1.82, 2.24) is 4.90 Å². The lowest BCUT2D eigenvalue weighted by atomic mass is 9.65. The van der Waals surface area contributed by atoms with Gasteiger partial charge in [0.1, 0.15) is 0 Å². The zero-order valence-electron chi connectivity index (χ0n) is 14.7. The van der Waals surface area contributed by atoms with E-state index >= 15 is 0 Å². The van der Waals surface area contributed by atoms with Crippen LogP contribution in [0.1, 0.15) is 32.3 Å². The summed E-state index contributed by atoms with van der Waals surface area (Å²) in [5.41, 5.74) is 6.65. The van der Waals surface area contributed by atoms with E-state index in [2.05, 4.69) is 75.3 Å². The van der Waals surface area contributed by atoms with Crippen molar-refractivity contribution in [2.45, 2.75) is 32.1 Å². The van der Waals surface area contributed by atoms with Gasteiger partial charge >= 0.3 is 0 Å². The predicted octanol–water partition coefficient (Wildman–Crippen LogP) is 3.56. The Balaban J connectivity index is 2.64. The van der Waals surface area contributed by atoms with Crippen LogP contribution in [0, 0.1) is 5.92 Å². The van der Waals surface area contributed by atoms with Gasteiger partial charge in [0.2, 0.25) is 5.91 Å². The maximum atomic E-state index is 11.9. The highest BCUT2D eigenvalue weighted by atomic mass is 16.1. The van der Waals surface area contributed by atoms with E-state index < -0.39 is 0 Å². The lowest BCUT2D eigenvalue weighted by Gasteiger charge is -2.39. The van der Waals surface area contributed by atoms with E-state index in [-0.39, 0.29) is 11.3 Å². The number of primary amides is 1. The number of fused-ring (bicyclic) bond motifs is 1. The Labute approximate surface area is 139 Å². The van der Waals surface area contributed by atoms with Crippen molar-refractivity contribution in [3.8, 4) is 0 Å². The van der Waals surface area contributed by atoms with Gasteiger partial charge < -0.3 is 10.6 Å². The second-order valence-corrected chi connectivity index (χ2v) is 7.03. The van der Waals surface area contributed by atoms with E-state index in [0.717, 1.165) is 13.0 Å². The fraction of sp³-hybridized carbons (Fsp3) is 0.450. The number of nitrogens with two attached hydrogens (primary N) is 1. The van der Waals surface area contributed by atoms with Crippen LogP contribution >= 0.6 is 0 Å². The number of hydrogen-bond acceptors (Lipinski definition) is 2. The largest absolute Gasteiger partial charge is 0.370 e. The van der Waals surface area contributed by atoms with Crippen molar-refractivity contribution < 1.29 is 4.79 Å². The summed E-state index contributed by atoms with van der Waals surface area (Å²) < 4.78 is 0. The van der Waals surface area contributed by atoms with E-state index in [0.29, 0.717) is 12.3 Å². The normalized spacial score (nSPS) is 14.3. The summed E-state index contributed by atoms with van der Waals surface area (Å²) in [6.45, 7) is 5.31. The van der Waals surface area contributed by atoms with Gasteiger partial charge in [-0.05, 0) is 49.3 Å². The van der Waals surface area contributed by atoms with Crippen molar-refractivity contribution in [2.75, 3.05) is 20.6 Å². The molecule has 0 aliphatic heterocycles. The number of rotatable bonds is 7. The van der Waals surface area contributed by atoms with Crippen LogP contribution in [0.15, 0.2) is 42.5 Å². The molecule has 0 heterocycles. The summed E-state index contributed by atoms with van der Waals surface area (Å²) in [7, 11) is 4.14. The van der Waals surface area contributed by atoms with Crippen molar-refractivity contribution in [3.05, 3.63) is 48.0 Å². The molecule has 0 aromatic heterocycles. The highest BCUT2D eigenvalue weighted by Crippen LogP contribution is 2.42. The van der Waals surface area contributed by atoms with Crippen molar-refractivity contribution in [3.63, 3.8) is 0 Å². The molecule has 23 heavy (non-hydrogen) atoms. The maximum Gasteiger partial charge on any atom is 0.218 e. The Bertz CT molecular complexity index is 673. The number of amides is 1. The Kier molecular flexibility index (Phi) is 5.42. The van der Waals surface area contributed by atoms with Crippen LogP contribution < -0.4 is 5.73 Å². The van der Waals surface area contributed by atoms with Crippen LogP contribution in [0.5, 0.6) is 0 Å². The molecule has 2 aromatic rings. The molecule has 1 atom stereocenters. The van der Waals surface area contributed by atoms with Crippen LogP contribution in [0.25, 0.3) is 10.8 Å². The van der Waals surface area contributed by atoms with Gasteiger partial charge in [0, 0.05) is 11.8 Å². The molecule has 0 aliphatic carbocycles. The lowest BCUT2D eigenvalue weighted by Crippen LogP contribution is -2.39. The molecule has 3 nitrogen and oxygen atoms in total. The van der Waals surface area contributed by atoms with Crippen LogP contribution in [0.2, 0.25) is 0 Å². The summed E-state index contributed by atoms with van der Waals surface area (Å²) in [6.07, 6.45) is 1.29. The van der Waals surface area contributed by atoms with Gasteiger partial charge in [0.25, 0.3) is 0 Å². The first-order chi connectivity index (χ1) is 10.9. The van der Waals surface area contributed by atoms with Gasteiger partial charge in [-0.3, -0.25) is 4.79 Å². The Morgan fingerprint density at radius 2 is 1.78 bits per heavy atom. The average Bonchev–Trinajstić information content (AvgIpc) is 2.50. The molecule has 3 heteroatoms. The second kappa shape index (κ2) is 7.14. The molecule has 0 aliphatic rings. The van der Waals surface area contributed by atoms with Gasteiger partial charge in [-0.25, -0.2) is 0 Å². The fourth-order valence-corrected chi connectivity index (χ4v) is 3.52. The summed E-state index contributed by atoms with van der Waals surface area (Å²) in [6, 6.07) is 14.8. The Hall–Kier alpha value is -1.87. The predicted molar refractivity (Wildman–Crippen MR) is 97.4 cm³/mol. The van der Waals surface area contributed by atoms with Gasteiger partial charge in [0.15, 0.2) is 0 Å². The summed E-state index contributed by atoms with van der Waals surface area (Å²) in [5, 5.41) is 2.44. The molecular weight excluding hydrogens is 284 g/mol. The molecule has 0 saturated carbocycles. The van der Waals surface area contributed by atoms with Gasteiger partial charge in [0.05, 0.1) is 0 Å². The molecule has 0 bridgehead atoms. The Morgan fingerprint density at radius 1 is 1.13 bits per heavy atom. The zero-order chi connectivity index (χ0) is 17.0. The highest BCUT2D eigenvalue weighted by Gasteiger charge is 2.38. The van der Waals surface area contributed by atoms with Gasteiger partial charge in [-0.15, -0.1) is 0 Å². The molecule has 0 fully saturated rings. The average molecular weight is 312 g/mol. The quantitative estimate of drug-likeness (QED) is 0.849. The van der Waals surface area contributed by atoms with Crippen molar-refractivity contribution in [2.24, 2.45) is 11.7 Å². The summed E-state index contributed by atoms with van der Waals surface area (Å²) in [4.78, 5) is 14.1. The number of hydrogen-bond donors (Lipinski definition) is 1. The minimum atomic E-state index is -0.239. The van der Waals surface area contributed by atoms with Crippen LogP contribution in [-0.4, -0.2) is 31.4 Å². The lowest BCUT2D eigenvalue weighted by molar-refractivity contribution is -0.119. The zero-order valence-corrected chi connectivity index (χ0v) is 14.7. The van der Waals surface area contributed by atoms with E-state index in [4.69, 9.17) is 5.73 Å². The van der Waals surface area contributed by atoms with Crippen LogP contribution in [-0.2, 0) is 10.2 Å². The molecule has 2 N–H and O–H groups in total. The first-order valence-electron chi connectivity index (χ1n) is 8.28. The summed E-state index contributed by atoms with van der Waals surface area (Å²) in [5.74, 6) is 0.0890. The molecule has 0 unspecified atom stereocenters. The summed E-state index contributed by atoms with van der Waals surface area (Å²) >= 11 is 0. The number of benzene rings is 2. The SMILES string of the molecule is CC(C)[C@@](CCN(C)C)(CC(N)=O)c1cccc2ccccc12. The minimum absolute atomic E-state index is 0.231. The monoisotopic (exact) mass is 312 g/mol. The van der Waals surface area contributed by atoms with Gasteiger partial charge in [-0.2, -0.15) is 0 Å². The molecular formula is C20H28N2O. The van der Waals surface area contributed by atoms with Crippen molar-refractivity contribution >= 4 is 16.7 Å². The number of carbonyl (C=O) groups is 1.